The molecule has 1 heterocycles. The Balaban J connectivity index is 1.93. The summed E-state index contributed by atoms with van der Waals surface area (Å²) in [6, 6.07) is 8.61. The highest BCUT2D eigenvalue weighted by atomic mass is 32.2. The molecule has 1 aliphatic rings. The van der Waals surface area contributed by atoms with Gasteiger partial charge >= 0.3 is 0 Å². The van der Waals surface area contributed by atoms with Crippen LogP contribution >= 0.6 is 23.5 Å². The van der Waals surface area contributed by atoms with Gasteiger partial charge in [0.2, 0.25) is 0 Å². The smallest absolute Gasteiger partial charge is 0.0258 e. The van der Waals surface area contributed by atoms with Crippen LogP contribution in [0, 0.1) is 0 Å². The lowest BCUT2D eigenvalue weighted by Crippen LogP contribution is -1.84. The molecule has 0 unspecified atom stereocenters. The van der Waals surface area contributed by atoms with Crippen LogP contribution in [0.15, 0.2) is 56.5 Å². The van der Waals surface area contributed by atoms with Gasteiger partial charge in [-0.1, -0.05) is 61.2 Å². The lowest BCUT2D eigenvalue weighted by atomic mass is 10.3. The van der Waals surface area contributed by atoms with Gasteiger partial charge < -0.3 is 0 Å². The molecule has 0 nitrogen and oxygen atoms in total. The Hall–Kier alpha value is -0.600. The molecule has 0 spiro atoms. The summed E-state index contributed by atoms with van der Waals surface area (Å²) >= 11 is 3.75. The maximum atomic E-state index is 2.29. The van der Waals surface area contributed by atoms with E-state index >= 15 is 0 Å². The summed E-state index contributed by atoms with van der Waals surface area (Å²) in [6.07, 6.45) is 8.08. The van der Waals surface area contributed by atoms with E-state index in [1.165, 1.54) is 27.5 Å². The third-order valence-corrected chi connectivity index (χ3v) is 4.76. The molecule has 0 amide bonds. The summed E-state index contributed by atoms with van der Waals surface area (Å²) < 4.78 is 0. The summed E-state index contributed by atoms with van der Waals surface area (Å²) in [4.78, 5) is 4.23. The first-order valence-corrected chi connectivity index (χ1v) is 7.37. The third kappa shape index (κ3) is 3.19. The van der Waals surface area contributed by atoms with Crippen molar-refractivity contribution in [2.75, 3.05) is 0 Å². The van der Waals surface area contributed by atoms with Crippen LogP contribution in [0.2, 0.25) is 0 Å². The summed E-state index contributed by atoms with van der Waals surface area (Å²) in [5, 5.41) is 2.28. The van der Waals surface area contributed by atoms with Crippen molar-refractivity contribution in [3.8, 4) is 0 Å². The van der Waals surface area contributed by atoms with Gasteiger partial charge in [0.05, 0.1) is 0 Å². The van der Waals surface area contributed by atoms with Crippen molar-refractivity contribution < 1.29 is 0 Å². The normalized spacial score (nSPS) is 14.9. The van der Waals surface area contributed by atoms with Crippen LogP contribution in [0.25, 0.3) is 0 Å². The third-order valence-electron chi connectivity index (χ3n) is 2.35. The second-order valence-electron chi connectivity index (χ2n) is 3.72. The number of hydrogen-bond acceptors (Lipinski definition) is 2. The van der Waals surface area contributed by atoms with E-state index in [0.29, 0.717) is 0 Å². The number of unbranched alkanes of at least 4 members (excludes halogenated alkanes) is 1. The second-order valence-corrected chi connectivity index (χ2v) is 5.79. The number of benzene rings is 1. The zero-order valence-electron chi connectivity index (χ0n) is 9.48. The highest BCUT2D eigenvalue weighted by molar-refractivity contribution is 8.08. The van der Waals surface area contributed by atoms with Crippen molar-refractivity contribution in [2.45, 2.75) is 36.0 Å². The van der Waals surface area contributed by atoms with Crippen LogP contribution in [0.1, 0.15) is 26.2 Å². The Labute approximate surface area is 106 Å². The van der Waals surface area contributed by atoms with E-state index in [1.807, 2.05) is 23.5 Å². The molecule has 1 aliphatic heterocycles. The molecule has 0 fully saturated rings. The first-order chi connectivity index (χ1) is 7.90. The lowest BCUT2D eigenvalue weighted by Gasteiger charge is -2.14. The maximum Gasteiger partial charge on any atom is 0.0258 e. The van der Waals surface area contributed by atoms with Crippen LogP contribution in [-0.2, 0) is 0 Å². The molecule has 2 heteroatoms. The van der Waals surface area contributed by atoms with E-state index < -0.39 is 0 Å². The van der Waals surface area contributed by atoms with Gasteiger partial charge in [0.1, 0.15) is 0 Å². The Morgan fingerprint density at radius 3 is 2.75 bits per heavy atom. The lowest BCUT2D eigenvalue weighted by molar-refractivity contribution is 0.954. The first kappa shape index (κ1) is 11.9. The number of rotatable bonds is 4. The Morgan fingerprint density at radius 2 is 1.94 bits per heavy atom. The van der Waals surface area contributed by atoms with Crippen molar-refractivity contribution in [1.29, 1.82) is 0 Å². The molecule has 2 rings (SSSR count). The average molecular weight is 248 g/mol. The number of thioether (sulfide) groups is 2. The maximum absolute atomic E-state index is 2.29. The Bertz CT molecular complexity index is 405. The topological polar surface area (TPSA) is 0 Å². The quantitative estimate of drug-likeness (QED) is 0.648. The van der Waals surface area contributed by atoms with E-state index in [9.17, 15) is 0 Å². The molecule has 84 valence electrons. The molecule has 0 saturated carbocycles. The van der Waals surface area contributed by atoms with Gasteiger partial charge in [-0.05, 0) is 30.4 Å². The molecule has 0 bridgehead atoms. The number of allylic oxidation sites excluding steroid dienone is 3. The predicted molar refractivity (Wildman–Crippen MR) is 74.9 cm³/mol. The molecule has 0 atom stereocenters. The van der Waals surface area contributed by atoms with Crippen molar-refractivity contribution in [2.24, 2.45) is 0 Å². The van der Waals surface area contributed by atoms with Crippen LogP contribution in [0.3, 0.4) is 0 Å². The zero-order chi connectivity index (χ0) is 11.2. The molecule has 0 aromatic heterocycles. The highest BCUT2D eigenvalue weighted by Gasteiger charge is 2.10. The minimum atomic E-state index is 1.08. The summed E-state index contributed by atoms with van der Waals surface area (Å²) in [5.41, 5.74) is 0. The van der Waals surface area contributed by atoms with Gasteiger partial charge in [0.25, 0.3) is 0 Å². The van der Waals surface area contributed by atoms with Gasteiger partial charge in [-0.2, -0.15) is 0 Å². The van der Waals surface area contributed by atoms with E-state index in [1.54, 1.807) is 0 Å². The van der Waals surface area contributed by atoms with E-state index in [-0.39, 0.29) is 0 Å². The molecular formula is C14H16S2. The zero-order valence-corrected chi connectivity index (χ0v) is 11.1. The van der Waals surface area contributed by atoms with E-state index in [2.05, 4.69) is 48.7 Å². The van der Waals surface area contributed by atoms with E-state index in [0.717, 1.165) is 6.42 Å². The standard InChI is InChI=1S/C14H16S2/c1-2-3-4-5-8-12-11-15-13-9-6-7-10-14(13)16-12/h4-7,9-11H,2-3,8H2,1H3/b5-4+. The molecule has 1 aromatic rings. The average Bonchev–Trinajstić information content (AvgIpc) is 2.34. The molecule has 0 aliphatic carbocycles. The largest absolute Gasteiger partial charge is 0.0960 e. The second kappa shape index (κ2) is 6.21. The van der Waals surface area contributed by atoms with Gasteiger partial charge in [0, 0.05) is 14.7 Å². The minimum Gasteiger partial charge on any atom is -0.0960 e. The highest BCUT2D eigenvalue weighted by Crippen LogP contribution is 2.43. The van der Waals surface area contributed by atoms with Crippen molar-refractivity contribution in [3.63, 3.8) is 0 Å². The van der Waals surface area contributed by atoms with Gasteiger partial charge in [-0.15, -0.1) is 0 Å². The predicted octanol–water partition coefficient (Wildman–Crippen LogP) is 5.47. The SMILES string of the molecule is CCC/C=C/CC1=CSc2ccccc2S1. The van der Waals surface area contributed by atoms with E-state index in [4.69, 9.17) is 0 Å². The summed E-state index contributed by atoms with van der Waals surface area (Å²) in [7, 11) is 0. The van der Waals surface area contributed by atoms with Crippen LogP contribution in [0.5, 0.6) is 0 Å². The monoisotopic (exact) mass is 248 g/mol. The van der Waals surface area contributed by atoms with Crippen LogP contribution < -0.4 is 0 Å². The fourth-order valence-corrected chi connectivity index (χ4v) is 3.58. The fraction of sp³-hybridized carbons (Fsp3) is 0.286. The number of fused-ring (bicyclic) bond motifs is 1. The molecule has 1 aromatic carbocycles. The molecular weight excluding hydrogens is 232 g/mol. The summed E-state index contributed by atoms with van der Waals surface area (Å²) in [6.45, 7) is 2.21. The van der Waals surface area contributed by atoms with Crippen LogP contribution in [0.4, 0.5) is 0 Å². The Morgan fingerprint density at radius 1 is 1.12 bits per heavy atom. The van der Waals surface area contributed by atoms with Gasteiger partial charge in [0.15, 0.2) is 0 Å². The van der Waals surface area contributed by atoms with Crippen molar-refractivity contribution in [3.05, 3.63) is 46.7 Å². The van der Waals surface area contributed by atoms with Crippen molar-refractivity contribution >= 4 is 23.5 Å². The van der Waals surface area contributed by atoms with Crippen molar-refractivity contribution in [1.82, 2.24) is 0 Å². The summed E-state index contributed by atoms with van der Waals surface area (Å²) in [5.74, 6) is 0. The fourth-order valence-electron chi connectivity index (χ4n) is 1.50. The molecule has 16 heavy (non-hydrogen) atoms. The van der Waals surface area contributed by atoms with Gasteiger partial charge in [-0.3, -0.25) is 0 Å². The van der Waals surface area contributed by atoms with Crippen LogP contribution in [-0.4, -0.2) is 0 Å². The minimum absolute atomic E-state index is 1.08. The molecule has 0 N–H and O–H groups in total. The molecule has 0 radical (unpaired) electrons. The number of hydrogen-bond donors (Lipinski definition) is 0. The first-order valence-electron chi connectivity index (χ1n) is 5.67. The Kier molecular flexibility index (Phi) is 4.61. The molecule has 0 saturated heterocycles. The van der Waals surface area contributed by atoms with Gasteiger partial charge in [-0.25, -0.2) is 0 Å².